The van der Waals surface area contributed by atoms with Crippen molar-refractivity contribution in [3.63, 3.8) is 0 Å². The largest absolute Gasteiger partial charge is 0.467 e. The van der Waals surface area contributed by atoms with Crippen LogP contribution in [0.3, 0.4) is 0 Å². The average Bonchev–Trinajstić information content (AvgIpc) is 3.23. The summed E-state index contributed by atoms with van der Waals surface area (Å²) in [5.41, 5.74) is 2.78. The maximum absolute atomic E-state index is 13.0. The molecule has 1 fully saturated rings. The number of carbonyl (C=O) groups excluding carboxylic acids is 1. The van der Waals surface area contributed by atoms with E-state index in [0.717, 1.165) is 60.2 Å². The lowest BCUT2D eigenvalue weighted by Crippen LogP contribution is -2.35. The van der Waals surface area contributed by atoms with Gasteiger partial charge in [-0.05, 0) is 57.7 Å². The van der Waals surface area contributed by atoms with Crippen LogP contribution in [0.25, 0.3) is 0 Å². The number of hydrogen-bond donors (Lipinski definition) is 1. The van der Waals surface area contributed by atoms with Crippen LogP contribution in [0.2, 0.25) is 0 Å². The number of carbonyl (C=O) groups is 1. The Morgan fingerprint density at radius 2 is 2.10 bits per heavy atom. The summed E-state index contributed by atoms with van der Waals surface area (Å²) in [7, 11) is 0. The normalized spacial score (nSPS) is 19.0. The van der Waals surface area contributed by atoms with Gasteiger partial charge in [-0.25, -0.2) is 0 Å². The van der Waals surface area contributed by atoms with Crippen LogP contribution >= 0.6 is 0 Å². The number of aryl methyl sites for hydroxylation is 2. The van der Waals surface area contributed by atoms with E-state index in [4.69, 9.17) is 4.42 Å². The van der Waals surface area contributed by atoms with Crippen LogP contribution < -0.4 is 5.32 Å². The zero-order valence-electron chi connectivity index (χ0n) is 17.0. The highest BCUT2D eigenvalue weighted by molar-refractivity contribution is 5.95. The van der Waals surface area contributed by atoms with E-state index in [9.17, 15) is 4.79 Å². The van der Waals surface area contributed by atoms with Gasteiger partial charge in [-0.15, -0.1) is 10.2 Å². The maximum Gasteiger partial charge on any atom is 0.253 e. The average molecular weight is 393 g/mol. The minimum absolute atomic E-state index is 0.00822. The molecule has 1 saturated carbocycles. The lowest BCUT2D eigenvalue weighted by atomic mass is 10.1. The molecule has 4 heterocycles. The smallest absolute Gasteiger partial charge is 0.253 e. The van der Waals surface area contributed by atoms with E-state index in [1.54, 1.807) is 6.26 Å². The zero-order valence-corrected chi connectivity index (χ0v) is 17.0. The van der Waals surface area contributed by atoms with Gasteiger partial charge in [0.05, 0.1) is 18.4 Å². The number of furan rings is 1. The van der Waals surface area contributed by atoms with Crippen LogP contribution in [-0.4, -0.2) is 31.3 Å². The van der Waals surface area contributed by atoms with Crippen LogP contribution in [0.4, 0.5) is 0 Å². The molecule has 2 aliphatic rings. The van der Waals surface area contributed by atoms with Gasteiger partial charge in [0.2, 0.25) is 0 Å². The fourth-order valence-corrected chi connectivity index (χ4v) is 4.39. The first-order valence-electron chi connectivity index (χ1n) is 10.5. The molecule has 7 heteroatoms. The minimum atomic E-state index is 0.00822. The van der Waals surface area contributed by atoms with Gasteiger partial charge in [0, 0.05) is 36.3 Å². The Morgan fingerprint density at radius 3 is 2.86 bits per heavy atom. The summed E-state index contributed by atoms with van der Waals surface area (Å²) in [6, 6.07) is 5.98. The van der Waals surface area contributed by atoms with Gasteiger partial charge in [0.25, 0.3) is 5.91 Å². The van der Waals surface area contributed by atoms with Gasteiger partial charge in [-0.1, -0.05) is 0 Å². The van der Waals surface area contributed by atoms with E-state index in [2.05, 4.69) is 24.6 Å². The first-order chi connectivity index (χ1) is 14.1. The minimum Gasteiger partial charge on any atom is -0.467 e. The second-order valence-electron chi connectivity index (χ2n) is 8.35. The molecular formula is C22H27N5O2. The molecule has 0 spiro atoms. The molecule has 1 unspecified atom stereocenters. The Hall–Kier alpha value is -2.83. The van der Waals surface area contributed by atoms with E-state index in [1.165, 1.54) is 12.8 Å². The summed E-state index contributed by atoms with van der Waals surface area (Å²) in [4.78, 5) is 13.0. The van der Waals surface area contributed by atoms with E-state index < -0.39 is 0 Å². The number of hydrogen-bond acceptors (Lipinski definition) is 4. The van der Waals surface area contributed by atoms with Crippen molar-refractivity contribution < 1.29 is 9.21 Å². The summed E-state index contributed by atoms with van der Waals surface area (Å²) in [6.07, 6.45) is 6.82. The number of nitrogens with one attached hydrogen (secondary N) is 1. The Kier molecular flexibility index (Phi) is 4.53. The number of nitrogens with zero attached hydrogens (tertiary/aromatic N) is 4. The first kappa shape index (κ1) is 18.2. The van der Waals surface area contributed by atoms with Crippen LogP contribution in [0.15, 0.2) is 28.9 Å². The van der Waals surface area contributed by atoms with Crippen LogP contribution in [0.5, 0.6) is 0 Å². The fraction of sp³-hybridized carbons (Fsp3) is 0.500. The van der Waals surface area contributed by atoms with Crippen molar-refractivity contribution >= 4 is 5.91 Å². The molecule has 0 bridgehead atoms. The second-order valence-corrected chi connectivity index (χ2v) is 8.35. The van der Waals surface area contributed by atoms with E-state index >= 15 is 0 Å². The number of fused-ring (bicyclic) bond motifs is 1. The van der Waals surface area contributed by atoms with E-state index in [-0.39, 0.29) is 11.9 Å². The summed E-state index contributed by atoms with van der Waals surface area (Å²) in [5.74, 6) is 3.71. The standard InChI is InChI=1S/C22H27N5O2/c1-14-12-19(15(2)27(14)13-18-4-3-11-29-18)22(28)23-17-7-8-20-24-25-21(16-5-6-16)26(20)10-9-17/h3-4,11-12,16-17H,5-10,13H2,1-2H3,(H,23,28). The number of amides is 1. The topological polar surface area (TPSA) is 77.9 Å². The quantitative estimate of drug-likeness (QED) is 0.721. The summed E-state index contributed by atoms with van der Waals surface area (Å²) in [6.45, 7) is 5.56. The molecule has 5 rings (SSSR count). The molecule has 1 aliphatic carbocycles. The van der Waals surface area contributed by atoms with Gasteiger partial charge >= 0.3 is 0 Å². The van der Waals surface area contributed by atoms with Crippen LogP contribution in [0, 0.1) is 13.8 Å². The molecule has 152 valence electrons. The van der Waals surface area contributed by atoms with E-state index in [1.807, 2.05) is 32.0 Å². The molecule has 1 atom stereocenters. The van der Waals surface area contributed by atoms with Gasteiger partial charge in [0.1, 0.15) is 17.4 Å². The Labute approximate surface area is 170 Å². The Morgan fingerprint density at radius 1 is 1.24 bits per heavy atom. The van der Waals surface area contributed by atoms with Crippen molar-refractivity contribution in [3.05, 3.63) is 58.8 Å². The SMILES string of the molecule is Cc1cc(C(=O)NC2CCc3nnc(C4CC4)n3CC2)c(C)n1Cc1ccco1. The lowest BCUT2D eigenvalue weighted by Gasteiger charge is -2.16. The summed E-state index contributed by atoms with van der Waals surface area (Å²) in [5, 5.41) is 12.1. The lowest BCUT2D eigenvalue weighted by molar-refractivity contribution is 0.0932. The highest BCUT2D eigenvalue weighted by atomic mass is 16.3. The maximum atomic E-state index is 13.0. The van der Waals surface area contributed by atoms with Gasteiger partial charge < -0.3 is 18.9 Å². The van der Waals surface area contributed by atoms with Crippen LogP contribution in [0.1, 0.15) is 70.8 Å². The molecule has 0 saturated heterocycles. The molecule has 1 amide bonds. The molecule has 3 aromatic rings. The highest BCUT2D eigenvalue weighted by Gasteiger charge is 2.31. The van der Waals surface area contributed by atoms with Gasteiger partial charge in [-0.2, -0.15) is 0 Å². The molecular weight excluding hydrogens is 366 g/mol. The second kappa shape index (κ2) is 7.21. The number of aromatic nitrogens is 4. The molecule has 29 heavy (non-hydrogen) atoms. The predicted octanol–water partition coefficient (Wildman–Crippen LogP) is 3.35. The van der Waals surface area contributed by atoms with Crippen molar-refractivity contribution in [2.24, 2.45) is 0 Å². The van der Waals surface area contributed by atoms with Crippen molar-refractivity contribution in [2.45, 2.75) is 71.0 Å². The molecule has 1 aliphatic heterocycles. The van der Waals surface area contributed by atoms with Gasteiger partial charge in [-0.3, -0.25) is 4.79 Å². The predicted molar refractivity (Wildman–Crippen MR) is 108 cm³/mol. The van der Waals surface area contributed by atoms with Crippen molar-refractivity contribution in [2.75, 3.05) is 0 Å². The Bertz CT molecular complexity index is 1030. The molecule has 0 aromatic carbocycles. The molecule has 0 radical (unpaired) electrons. The molecule has 1 N–H and O–H groups in total. The third kappa shape index (κ3) is 3.50. The summed E-state index contributed by atoms with van der Waals surface area (Å²) >= 11 is 0. The first-order valence-corrected chi connectivity index (χ1v) is 10.5. The third-order valence-electron chi connectivity index (χ3n) is 6.26. The van der Waals surface area contributed by atoms with Crippen molar-refractivity contribution in [1.29, 1.82) is 0 Å². The summed E-state index contributed by atoms with van der Waals surface area (Å²) < 4.78 is 9.89. The van der Waals surface area contributed by atoms with Crippen molar-refractivity contribution in [1.82, 2.24) is 24.6 Å². The molecule has 7 nitrogen and oxygen atoms in total. The number of rotatable bonds is 5. The third-order valence-corrected chi connectivity index (χ3v) is 6.26. The van der Waals surface area contributed by atoms with Crippen molar-refractivity contribution in [3.8, 4) is 0 Å². The molecule has 3 aromatic heterocycles. The monoisotopic (exact) mass is 393 g/mol. The zero-order chi connectivity index (χ0) is 20.0. The fourth-order valence-electron chi connectivity index (χ4n) is 4.39. The Balaban J connectivity index is 1.27. The van der Waals surface area contributed by atoms with Gasteiger partial charge in [0.15, 0.2) is 0 Å². The highest BCUT2D eigenvalue weighted by Crippen LogP contribution is 2.39. The van der Waals surface area contributed by atoms with Crippen LogP contribution in [-0.2, 0) is 19.5 Å². The van der Waals surface area contributed by atoms with E-state index in [0.29, 0.717) is 12.5 Å².